The zero-order valence-corrected chi connectivity index (χ0v) is 15.6. The third-order valence-corrected chi connectivity index (χ3v) is 4.55. The first kappa shape index (κ1) is 19.0. The van der Waals surface area contributed by atoms with Gasteiger partial charge >= 0.3 is 0 Å². The van der Waals surface area contributed by atoms with Gasteiger partial charge in [0.1, 0.15) is 0 Å². The molecule has 0 amide bonds. The van der Waals surface area contributed by atoms with Gasteiger partial charge in [-0.05, 0) is 82.2 Å². The molecule has 1 unspecified atom stereocenters. The number of rotatable bonds is 10. The van der Waals surface area contributed by atoms with Crippen LogP contribution in [0.5, 0.6) is 0 Å². The molecule has 24 heavy (non-hydrogen) atoms. The van der Waals surface area contributed by atoms with Crippen molar-refractivity contribution in [2.45, 2.75) is 25.2 Å². The van der Waals surface area contributed by atoms with Gasteiger partial charge in [0.15, 0.2) is 0 Å². The van der Waals surface area contributed by atoms with Gasteiger partial charge < -0.3 is 10.2 Å². The standard InChI is InChI=1S/C21H29ClN2/c1-24(2)16-6-14-23-15-13-20(17-18-7-4-3-5-8-18)19-9-11-21(22)12-10-19/h3-5,7-12,20,23H,6,13-17H2,1-2H3. The lowest BCUT2D eigenvalue weighted by molar-refractivity contribution is 0.393. The third kappa shape index (κ3) is 7.04. The molecule has 2 nitrogen and oxygen atoms in total. The highest BCUT2D eigenvalue weighted by Gasteiger charge is 2.12. The molecule has 1 atom stereocenters. The van der Waals surface area contributed by atoms with E-state index in [4.69, 9.17) is 11.6 Å². The lowest BCUT2D eigenvalue weighted by Crippen LogP contribution is -2.23. The minimum absolute atomic E-state index is 0.519. The van der Waals surface area contributed by atoms with Crippen molar-refractivity contribution in [2.24, 2.45) is 0 Å². The molecule has 130 valence electrons. The Labute approximate surface area is 151 Å². The van der Waals surface area contributed by atoms with Crippen molar-refractivity contribution in [3.05, 3.63) is 70.7 Å². The van der Waals surface area contributed by atoms with Crippen LogP contribution in [0.1, 0.15) is 29.9 Å². The second-order valence-electron chi connectivity index (χ2n) is 6.63. The summed E-state index contributed by atoms with van der Waals surface area (Å²) in [6, 6.07) is 19.1. The highest BCUT2D eigenvalue weighted by atomic mass is 35.5. The number of nitrogens with one attached hydrogen (secondary N) is 1. The van der Waals surface area contributed by atoms with E-state index in [0.717, 1.165) is 37.5 Å². The maximum absolute atomic E-state index is 6.05. The van der Waals surface area contributed by atoms with Crippen molar-refractivity contribution in [3.8, 4) is 0 Å². The van der Waals surface area contributed by atoms with Crippen LogP contribution in [-0.4, -0.2) is 38.6 Å². The summed E-state index contributed by atoms with van der Waals surface area (Å²) in [6.45, 7) is 3.27. The van der Waals surface area contributed by atoms with Gasteiger partial charge in [0.25, 0.3) is 0 Å². The Morgan fingerprint density at radius 1 is 0.958 bits per heavy atom. The van der Waals surface area contributed by atoms with Crippen LogP contribution in [0.25, 0.3) is 0 Å². The van der Waals surface area contributed by atoms with Crippen LogP contribution in [0, 0.1) is 0 Å². The molecule has 0 aliphatic rings. The summed E-state index contributed by atoms with van der Waals surface area (Å²) in [6.07, 6.45) is 3.40. The fourth-order valence-corrected chi connectivity index (χ4v) is 3.07. The van der Waals surface area contributed by atoms with Gasteiger partial charge in [0.05, 0.1) is 0 Å². The van der Waals surface area contributed by atoms with E-state index >= 15 is 0 Å². The molecule has 0 aliphatic carbocycles. The van der Waals surface area contributed by atoms with Crippen LogP contribution in [0.15, 0.2) is 54.6 Å². The second-order valence-corrected chi connectivity index (χ2v) is 7.07. The zero-order chi connectivity index (χ0) is 17.2. The molecule has 0 bridgehead atoms. The Kier molecular flexibility index (Phi) is 8.31. The van der Waals surface area contributed by atoms with Gasteiger partial charge in [-0.25, -0.2) is 0 Å². The maximum Gasteiger partial charge on any atom is 0.0406 e. The van der Waals surface area contributed by atoms with E-state index in [1.165, 1.54) is 17.5 Å². The fourth-order valence-electron chi connectivity index (χ4n) is 2.94. The molecule has 0 saturated heterocycles. The Bertz CT molecular complexity index is 566. The van der Waals surface area contributed by atoms with Gasteiger partial charge in [-0.1, -0.05) is 54.1 Å². The Morgan fingerprint density at radius 3 is 2.33 bits per heavy atom. The van der Waals surface area contributed by atoms with Crippen molar-refractivity contribution < 1.29 is 0 Å². The lowest BCUT2D eigenvalue weighted by Gasteiger charge is -2.18. The molecule has 1 N–H and O–H groups in total. The highest BCUT2D eigenvalue weighted by molar-refractivity contribution is 6.30. The van der Waals surface area contributed by atoms with Gasteiger partial charge in [0.2, 0.25) is 0 Å². The predicted octanol–water partition coefficient (Wildman–Crippen LogP) is 4.60. The molecule has 0 fully saturated rings. The van der Waals surface area contributed by atoms with Crippen molar-refractivity contribution in [2.75, 3.05) is 33.7 Å². The van der Waals surface area contributed by atoms with Crippen LogP contribution < -0.4 is 5.32 Å². The number of benzene rings is 2. The number of nitrogens with zero attached hydrogens (tertiary/aromatic N) is 1. The summed E-state index contributed by atoms with van der Waals surface area (Å²) in [7, 11) is 4.24. The third-order valence-electron chi connectivity index (χ3n) is 4.29. The molecule has 0 spiro atoms. The van der Waals surface area contributed by atoms with E-state index in [9.17, 15) is 0 Å². The molecular weight excluding hydrogens is 316 g/mol. The van der Waals surface area contributed by atoms with Crippen LogP contribution in [0.3, 0.4) is 0 Å². The van der Waals surface area contributed by atoms with Gasteiger partial charge in [-0.3, -0.25) is 0 Å². The largest absolute Gasteiger partial charge is 0.317 e. The molecule has 0 heterocycles. The van der Waals surface area contributed by atoms with Crippen molar-refractivity contribution in [1.82, 2.24) is 10.2 Å². The average molecular weight is 345 g/mol. The monoisotopic (exact) mass is 344 g/mol. The predicted molar refractivity (Wildman–Crippen MR) is 105 cm³/mol. The Balaban J connectivity index is 1.89. The Morgan fingerprint density at radius 2 is 1.67 bits per heavy atom. The molecule has 0 radical (unpaired) electrons. The summed E-state index contributed by atoms with van der Waals surface area (Å²) in [5.41, 5.74) is 2.77. The summed E-state index contributed by atoms with van der Waals surface area (Å²) in [5.74, 6) is 0.519. The van der Waals surface area contributed by atoms with E-state index in [0.29, 0.717) is 5.92 Å². The lowest BCUT2D eigenvalue weighted by atomic mass is 9.89. The van der Waals surface area contributed by atoms with Crippen LogP contribution in [-0.2, 0) is 6.42 Å². The summed E-state index contributed by atoms with van der Waals surface area (Å²) in [4.78, 5) is 2.23. The highest BCUT2D eigenvalue weighted by Crippen LogP contribution is 2.25. The van der Waals surface area contributed by atoms with Crippen LogP contribution in [0.2, 0.25) is 5.02 Å². The topological polar surface area (TPSA) is 15.3 Å². The van der Waals surface area contributed by atoms with E-state index in [1.807, 2.05) is 12.1 Å². The van der Waals surface area contributed by atoms with E-state index in [2.05, 4.69) is 66.8 Å². The second kappa shape index (κ2) is 10.5. The first-order chi connectivity index (χ1) is 11.6. The minimum Gasteiger partial charge on any atom is -0.317 e. The molecule has 2 aromatic rings. The van der Waals surface area contributed by atoms with Crippen molar-refractivity contribution in [3.63, 3.8) is 0 Å². The first-order valence-electron chi connectivity index (χ1n) is 8.80. The molecule has 0 aromatic heterocycles. The van der Waals surface area contributed by atoms with Crippen LogP contribution in [0.4, 0.5) is 0 Å². The molecule has 3 heteroatoms. The maximum atomic E-state index is 6.05. The van der Waals surface area contributed by atoms with E-state index < -0.39 is 0 Å². The van der Waals surface area contributed by atoms with E-state index in [-0.39, 0.29) is 0 Å². The van der Waals surface area contributed by atoms with Gasteiger partial charge in [-0.2, -0.15) is 0 Å². The minimum atomic E-state index is 0.519. The molecule has 2 aromatic carbocycles. The zero-order valence-electron chi connectivity index (χ0n) is 14.8. The quantitative estimate of drug-likeness (QED) is 0.634. The van der Waals surface area contributed by atoms with Crippen molar-refractivity contribution >= 4 is 11.6 Å². The average Bonchev–Trinajstić information content (AvgIpc) is 2.58. The Hall–Kier alpha value is -1.35. The molecule has 2 rings (SSSR count). The van der Waals surface area contributed by atoms with Gasteiger partial charge in [-0.15, -0.1) is 0 Å². The smallest absolute Gasteiger partial charge is 0.0406 e. The van der Waals surface area contributed by atoms with E-state index in [1.54, 1.807) is 0 Å². The van der Waals surface area contributed by atoms with Crippen molar-refractivity contribution in [1.29, 1.82) is 0 Å². The van der Waals surface area contributed by atoms with Gasteiger partial charge in [0, 0.05) is 5.02 Å². The molecular formula is C21H29ClN2. The summed E-state index contributed by atoms with van der Waals surface area (Å²) >= 11 is 6.05. The summed E-state index contributed by atoms with van der Waals surface area (Å²) < 4.78 is 0. The summed E-state index contributed by atoms with van der Waals surface area (Å²) in [5, 5.41) is 4.39. The first-order valence-corrected chi connectivity index (χ1v) is 9.18. The number of hydrogen-bond donors (Lipinski definition) is 1. The molecule has 0 saturated carbocycles. The fraction of sp³-hybridized carbons (Fsp3) is 0.429. The SMILES string of the molecule is CN(C)CCCNCCC(Cc1ccccc1)c1ccc(Cl)cc1. The molecule has 0 aliphatic heterocycles. The number of hydrogen-bond acceptors (Lipinski definition) is 2. The normalized spacial score (nSPS) is 12.5. The van der Waals surface area contributed by atoms with Crippen LogP contribution >= 0.6 is 11.6 Å². The number of halogens is 1.